The van der Waals surface area contributed by atoms with E-state index in [9.17, 15) is 5.11 Å². The number of allylic oxidation sites excluding steroid dienone is 1. The summed E-state index contributed by atoms with van der Waals surface area (Å²) in [5.41, 5.74) is -0.438. The largest absolute Gasteiger partial charge is 0.390 e. The van der Waals surface area contributed by atoms with Crippen molar-refractivity contribution >= 4 is 11.6 Å². The normalized spacial score (nSPS) is 23.9. The van der Waals surface area contributed by atoms with Crippen molar-refractivity contribution in [3.05, 3.63) is 12.2 Å². The fourth-order valence-corrected chi connectivity index (χ4v) is 1.63. The minimum absolute atomic E-state index is 0.438. The van der Waals surface area contributed by atoms with Gasteiger partial charge in [-0.1, -0.05) is 12.2 Å². The van der Waals surface area contributed by atoms with Crippen LogP contribution < -0.4 is 0 Å². The molecule has 76 valence electrons. The lowest BCUT2D eigenvalue weighted by Gasteiger charge is -2.35. The van der Waals surface area contributed by atoms with E-state index in [1.807, 2.05) is 13.0 Å². The number of piperidine rings is 1. The molecule has 13 heavy (non-hydrogen) atoms. The Morgan fingerprint density at radius 3 is 2.54 bits per heavy atom. The molecule has 0 bridgehead atoms. The van der Waals surface area contributed by atoms with Crippen LogP contribution in [0.1, 0.15) is 19.8 Å². The molecule has 3 heteroatoms. The van der Waals surface area contributed by atoms with Crippen molar-refractivity contribution in [1.29, 1.82) is 0 Å². The van der Waals surface area contributed by atoms with Crippen LogP contribution in [0.3, 0.4) is 0 Å². The summed E-state index contributed by atoms with van der Waals surface area (Å²) in [6.07, 6.45) is 5.81. The average Bonchev–Trinajstić information content (AvgIpc) is 2.08. The Balaban J connectivity index is 2.21. The van der Waals surface area contributed by atoms with Crippen molar-refractivity contribution in [3.63, 3.8) is 0 Å². The predicted octanol–water partition coefficient (Wildman–Crippen LogP) is 1.63. The number of likely N-dealkylation sites (tertiary alicyclic amines) is 1. The molecule has 1 aliphatic heterocycles. The summed E-state index contributed by atoms with van der Waals surface area (Å²) < 4.78 is 0. The molecular formula is C10H18ClNO. The molecule has 2 nitrogen and oxygen atoms in total. The predicted molar refractivity (Wildman–Crippen MR) is 56.2 cm³/mol. The van der Waals surface area contributed by atoms with Gasteiger partial charge >= 0.3 is 0 Å². The maximum Gasteiger partial charge on any atom is 0.0644 e. The Morgan fingerprint density at radius 2 is 2.00 bits per heavy atom. The number of hydrogen-bond acceptors (Lipinski definition) is 2. The van der Waals surface area contributed by atoms with Crippen molar-refractivity contribution in [2.45, 2.75) is 25.4 Å². The Labute approximate surface area is 85.2 Å². The first-order valence-corrected chi connectivity index (χ1v) is 5.33. The summed E-state index contributed by atoms with van der Waals surface area (Å²) in [7, 11) is 0. The molecule has 0 aliphatic carbocycles. The molecule has 0 amide bonds. The van der Waals surface area contributed by atoms with Gasteiger partial charge in [-0.2, -0.15) is 0 Å². The van der Waals surface area contributed by atoms with E-state index in [1.54, 1.807) is 0 Å². The van der Waals surface area contributed by atoms with Crippen LogP contribution in [-0.4, -0.2) is 41.1 Å². The first-order chi connectivity index (χ1) is 6.14. The van der Waals surface area contributed by atoms with Gasteiger partial charge in [-0.25, -0.2) is 0 Å². The lowest BCUT2D eigenvalue weighted by atomic mass is 9.94. The lowest BCUT2D eigenvalue weighted by molar-refractivity contribution is -0.00245. The van der Waals surface area contributed by atoms with Gasteiger partial charge in [-0.05, 0) is 19.8 Å². The van der Waals surface area contributed by atoms with E-state index in [0.717, 1.165) is 32.5 Å². The SMILES string of the molecule is CC1(O)CCN(C/C=C/CCl)CC1. The summed E-state index contributed by atoms with van der Waals surface area (Å²) >= 11 is 5.52. The summed E-state index contributed by atoms with van der Waals surface area (Å²) in [5, 5.41) is 9.70. The quantitative estimate of drug-likeness (QED) is 0.557. The molecule has 0 aromatic carbocycles. The molecule has 0 unspecified atom stereocenters. The third-order valence-corrected chi connectivity index (χ3v) is 2.73. The zero-order valence-electron chi connectivity index (χ0n) is 8.17. The van der Waals surface area contributed by atoms with Gasteiger partial charge in [0.05, 0.1) is 5.60 Å². The standard InChI is InChI=1S/C10H18ClNO/c1-10(13)4-8-12(9-5-10)7-3-2-6-11/h2-3,13H,4-9H2,1H3/b3-2+. The molecule has 1 aliphatic rings. The minimum Gasteiger partial charge on any atom is -0.390 e. The van der Waals surface area contributed by atoms with Crippen LogP contribution in [0.2, 0.25) is 0 Å². The number of aliphatic hydroxyl groups is 1. The first kappa shape index (κ1) is 11.0. The summed E-state index contributed by atoms with van der Waals surface area (Å²) in [5.74, 6) is 0.589. The molecule has 1 N–H and O–H groups in total. The minimum atomic E-state index is -0.438. The van der Waals surface area contributed by atoms with Crippen molar-refractivity contribution in [1.82, 2.24) is 4.90 Å². The molecule has 1 fully saturated rings. The second-order valence-corrected chi connectivity index (χ2v) is 4.23. The van der Waals surface area contributed by atoms with Crippen LogP contribution in [0.25, 0.3) is 0 Å². The monoisotopic (exact) mass is 203 g/mol. The highest BCUT2D eigenvalue weighted by Crippen LogP contribution is 2.20. The zero-order valence-corrected chi connectivity index (χ0v) is 8.93. The summed E-state index contributed by atoms with van der Waals surface area (Å²) in [4.78, 5) is 2.33. The van der Waals surface area contributed by atoms with E-state index < -0.39 is 5.60 Å². The summed E-state index contributed by atoms with van der Waals surface area (Å²) in [6.45, 7) is 4.85. The maximum absolute atomic E-state index is 9.70. The second-order valence-electron chi connectivity index (χ2n) is 3.92. The Hall–Kier alpha value is -0.0500. The number of rotatable bonds is 3. The van der Waals surface area contributed by atoms with Crippen molar-refractivity contribution in [2.24, 2.45) is 0 Å². The van der Waals surface area contributed by atoms with E-state index in [0.29, 0.717) is 5.88 Å². The number of alkyl halides is 1. The van der Waals surface area contributed by atoms with Gasteiger partial charge in [0, 0.05) is 25.5 Å². The molecule has 1 saturated heterocycles. The van der Waals surface area contributed by atoms with E-state index in [1.165, 1.54) is 0 Å². The van der Waals surface area contributed by atoms with E-state index >= 15 is 0 Å². The second kappa shape index (κ2) is 4.99. The number of hydrogen-bond donors (Lipinski definition) is 1. The van der Waals surface area contributed by atoms with Gasteiger partial charge in [-0.15, -0.1) is 11.6 Å². The van der Waals surface area contributed by atoms with Gasteiger partial charge in [0.1, 0.15) is 0 Å². The molecule has 0 spiro atoms. The third-order valence-electron chi connectivity index (χ3n) is 2.55. The highest BCUT2D eigenvalue weighted by atomic mass is 35.5. The van der Waals surface area contributed by atoms with Crippen LogP contribution in [0.15, 0.2) is 12.2 Å². The van der Waals surface area contributed by atoms with Crippen LogP contribution >= 0.6 is 11.6 Å². The van der Waals surface area contributed by atoms with Crippen molar-refractivity contribution < 1.29 is 5.11 Å². The Kier molecular flexibility index (Phi) is 4.23. The number of halogens is 1. The van der Waals surface area contributed by atoms with E-state index in [4.69, 9.17) is 11.6 Å². The van der Waals surface area contributed by atoms with Gasteiger partial charge in [0.2, 0.25) is 0 Å². The molecule has 1 rings (SSSR count). The third kappa shape index (κ3) is 4.12. The van der Waals surface area contributed by atoms with Crippen LogP contribution in [-0.2, 0) is 0 Å². The fraction of sp³-hybridized carbons (Fsp3) is 0.800. The molecule has 0 aromatic rings. The highest BCUT2D eigenvalue weighted by Gasteiger charge is 2.26. The molecular weight excluding hydrogens is 186 g/mol. The first-order valence-electron chi connectivity index (χ1n) is 4.80. The topological polar surface area (TPSA) is 23.5 Å². The van der Waals surface area contributed by atoms with E-state index in [-0.39, 0.29) is 0 Å². The molecule has 0 saturated carbocycles. The smallest absolute Gasteiger partial charge is 0.0644 e. The van der Waals surface area contributed by atoms with Crippen LogP contribution in [0.5, 0.6) is 0 Å². The highest BCUT2D eigenvalue weighted by molar-refractivity contribution is 6.18. The molecule has 0 atom stereocenters. The molecule has 1 heterocycles. The fourth-order valence-electron chi connectivity index (χ4n) is 1.50. The van der Waals surface area contributed by atoms with Crippen LogP contribution in [0, 0.1) is 0 Å². The van der Waals surface area contributed by atoms with Gasteiger partial charge in [0.15, 0.2) is 0 Å². The molecule has 0 aromatic heterocycles. The average molecular weight is 204 g/mol. The van der Waals surface area contributed by atoms with Crippen LogP contribution in [0.4, 0.5) is 0 Å². The number of nitrogens with zero attached hydrogens (tertiary/aromatic N) is 1. The maximum atomic E-state index is 9.70. The zero-order chi connectivity index (χ0) is 9.73. The van der Waals surface area contributed by atoms with E-state index in [2.05, 4.69) is 11.0 Å². The Bertz CT molecular complexity index is 170. The summed E-state index contributed by atoms with van der Waals surface area (Å²) in [6, 6.07) is 0. The molecule has 0 radical (unpaired) electrons. The van der Waals surface area contributed by atoms with Crippen molar-refractivity contribution in [2.75, 3.05) is 25.5 Å². The van der Waals surface area contributed by atoms with Gasteiger partial charge < -0.3 is 5.11 Å². The van der Waals surface area contributed by atoms with Crippen molar-refractivity contribution in [3.8, 4) is 0 Å². The van der Waals surface area contributed by atoms with Gasteiger partial charge in [-0.3, -0.25) is 4.90 Å². The van der Waals surface area contributed by atoms with Gasteiger partial charge in [0.25, 0.3) is 0 Å². The lowest BCUT2D eigenvalue weighted by Crippen LogP contribution is -2.42. The Morgan fingerprint density at radius 1 is 1.38 bits per heavy atom.